The van der Waals surface area contributed by atoms with Crippen molar-refractivity contribution in [1.29, 1.82) is 0 Å². The van der Waals surface area contributed by atoms with Crippen LogP contribution < -0.4 is 0 Å². The molecule has 2 aliphatic rings. The fourth-order valence-electron chi connectivity index (χ4n) is 4.94. The molecule has 0 spiro atoms. The molecule has 7 nitrogen and oxygen atoms in total. The van der Waals surface area contributed by atoms with Crippen LogP contribution in [0, 0.1) is 12.8 Å². The Bertz CT molecular complexity index is 933. The monoisotopic (exact) mass is 524 g/mol. The van der Waals surface area contributed by atoms with Crippen LogP contribution >= 0.6 is 0 Å². The van der Waals surface area contributed by atoms with Crippen molar-refractivity contribution in [3.8, 4) is 0 Å². The van der Waals surface area contributed by atoms with Crippen molar-refractivity contribution < 1.29 is 41.0 Å². The molecule has 2 fully saturated rings. The normalized spacial score (nSPS) is 20.8. The Balaban J connectivity index is 1.74. The van der Waals surface area contributed by atoms with E-state index in [1.165, 1.54) is 11.8 Å². The van der Waals surface area contributed by atoms with Gasteiger partial charge in [0.05, 0.1) is 6.04 Å². The van der Waals surface area contributed by atoms with Gasteiger partial charge < -0.3 is 14.9 Å². The van der Waals surface area contributed by atoms with Crippen LogP contribution in [0.1, 0.15) is 23.6 Å². The molecule has 3 rings (SSSR count). The zero-order valence-electron chi connectivity index (χ0n) is 20.1. The number of nitrogens with zero attached hydrogens (tertiary/aromatic N) is 4. The molecule has 0 aromatic heterocycles. The third-order valence-corrected chi connectivity index (χ3v) is 7.00. The van der Waals surface area contributed by atoms with Gasteiger partial charge in [0.1, 0.15) is 0 Å². The fourth-order valence-corrected chi connectivity index (χ4v) is 4.94. The third kappa shape index (κ3) is 6.61. The number of rotatable bonds is 5. The standard InChI is InChI=1S/C23H30F6N4O3/c1-15-17(12-30-6-9-32(10-7-30)16(2)34)4-3-5-18(15)13-31-8-11-33(21(35)36)19(14-31)20(22(24,25)26)23(27,28)29/h3-5,19-20H,6-14H2,1-2H3,(H,35,36). The van der Waals surface area contributed by atoms with Gasteiger partial charge in [0.25, 0.3) is 0 Å². The summed E-state index contributed by atoms with van der Waals surface area (Å²) in [6, 6.07) is 3.20. The van der Waals surface area contributed by atoms with Crippen molar-refractivity contribution in [2.45, 2.75) is 45.3 Å². The van der Waals surface area contributed by atoms with Gasteiger partial charge in [-0.3, -0.25) is 14.6 Å². The molecule has 1 atom stereocenters. The average Bonchev–Trinajstić information content (AvgIpc) is 2.75. The van der Waals surface area contributed by atoms with E-state index in [0.717, 1.165) is 16.7 Å². The lowest BCUT2D eigenvalue weighted by atomic mass is 9.93. The molecule has 2 amide bonds. The maximum absolute atomic E-state index is 13.4. The van der Waals surface area contributed by atoms with Gasteiger partial charge in [-0.1, -0.05) is 18.2 Å². The summed E-state index contributed by atoms with van der Waals surface area (Å²) in [6.07, 6.45) is -13.1. The van der Waals surface area contributed by atoms with Crippen LogP contribution in [-0.2, 0) is 17.9 Å². The average molecular weight is 525 g/mol. The first kappa shape index (κ1) is 28.0. The quantitative estimate of drug-likeness (QED) is 0.597. The highest BCUT2D eigenvalue weighted by Gasteiger charge is 2.62. The first-order chi connectivity index (χ1) is 16.7. The Labute approximate surface area is 205 Å². The Hall–Kier alpha value is -2.54. The van der Waals surface area contributed by atoms with Gasteiger partial charge in [0.15, 0.2) is 5.92 Å². The van der Waals surface area contributed by atoms with Crippen molar-refractivity contribution in [2.75, 3.05) is 45.8 Å². The van der Waals surface area contributed by atoms with E-state index in [1.807, 2.05) is 13.0 Å². The number of hydrogen-bond acceptors (Lipinski definition) is 4. The van der Waals surface area contributed by atoms with E-state index in [2.05, 4.69) is 4.90 Å². The largest absolute Gasteiger partial charge is 0.465 e. The number of benzene rings is 1. The minimum atomic E-state index is -5.64. The minimum absolute atomic E-state index is 0.0158. The van der Waals surface area contributed by atoms with E-state index < -0.39 is 43.5 Å². The van der Waals surface area contributed by atoms with Crippen molar-refractivity contribution in [1.82, 2.24) is 19.6 Å². The van der Waals surface area contributed by atoms with Gasteiger partial charge in [0, 0.05) is 65.8 Å². The predicted molar refractivity (Wildman–Crippen MR) is 118 cm³/mol. The highest BCUT2D eigenvalue weighted by Crippen LogP contribution is 2.44. The van der Waals surface area contributed by atoms with Gasteiger partial charge in [-0.05, 0) is 23.6 Å². The van der Waals surface area contributed by atoms with Gasteiger partial charge >= 0.3 is 18.4 Å². The number of carboxylic acid groups (broad SMARTS) is 1. The summed E-state index contributed by atoms with van der Waals surface area (Å²) in [6.45, 7) is 5.57. The fraction of sp³-hybridized carbons (Fsp3) is 0.652. The lowest BCUT2D eigenvalue weighted by Crippen LogP contribution is -2.62. The molecule has 2 aliphatic heterocycles. The maximum atomic E-state index is 13.4. The molecule has 2 heterocycles. The number of halogens is 6. The first-order valence-electron chi connectivity index (χ1n) is 11.6. The summed E-state index contributed by atoms with van der Waals surface area (Å²) in [7, 11) is 0. The second kappa shape index (κ2) is 10.8. The van der Waals surface area contributed by atoms with E-state index in [0.29, 0.717) is 32.7 Å². The molecule has 1 aromatic carbocycles. The zero-order chi connectivity index (χ0) is 26.8. The van der Waals surface area contributed by atoms with Crippen LogP contribution in [0.4, 0.5) is 31.1 Å². The summed E-state index contributed by atoms with van der Waals surface area (Å²) in [5.41, 5.74) is 2.62. The zero-order valence-corrected chi connectivity index (χ0v) is 20.1. The van der Waals surface area contributed by atoms with Gasteiger partial charge in [-0.2, -0.15) is 26.3 Å². The van der Waals surface area contributed by atoms with Crippen LogP contribution in [0.5, 0.6) is 0 Å². The van der Waals surface area contributed by atoms with E-state index in [1.54, 1.807) is 17.0 Å². The van der Waals surface area contributed by atoms with Crippen LogP contribution in [0.3, 0.4) is 0 Å². The second-order valence-electron chi connectivity index (χ2n) is 9.32. The van der Waals surface area contributed by atoms with Crippen molar-refractivity contribution in [2.24, 2.45) is 5.92 Å². The number of amides is 2. The number of piperazine rings is 2. The third-order valence-electron chi connectivity index (χ3n) is 7.00. The smallest absolute Gasteiger partial charge is 0.407 e. The summed E-state index contributed by atoms with van der Waals surface area (Å²) < 4.78 is 80.5. The van der Waals surface area contributed by atoms with Crippen LogP contribution in [0.2, 0.25) is 0 Å². The molecule has 2 saturated heterocycles. The molecule has 0 radical (unpaired) electrons. The maximum Gasteiger partial charge on any atom is 0.407 e. The first-order valence-corrected chi connectivity index (χ1v) is 11.6. The highest BCUT2D eigenvalue weighted by molar-refractivity contribution is 5.73. The topological polar surface area (TPSA) is 67.3 Å². The summed E-state index contributed by atoms with van der Waals surface area (Å²) in [5, 5.41) is 9.29. The van der Waals surface area contributed by atoms with E-state index in [4.69, 9.17) is 0 Å². The molecule has 1 unspecified atom stereocenters. The summed E-state index contributed by atoms with van der Waals surface area (Å²) in [5.74, 6) is -3.75. The van der Waals surface area contributed by atoms with Crippen molar-refractivity contribution in [3.05, 3.63) is 34.9 Å². The molecule has 0 saturated carbocycles. The molecule has 202 valence electrons. The van der Waals surface area contributed by atoms with E-state index in [9.17, 15) is 41.0 Å². The van der Waals surface area contributed by atoms with Crippen molar-refractivity contribution in [3.63, 3.8) is 0 Å². The van der Waals surface area contributed by atoms with E-state index >= 15 is 0 Å². The SMILES string of the molecule is CC(=O)N1CCN(Cc2cccc(CN3CCN(C(=O)O)C(C(C(F)(F)F)C(F)(F)F)C3)c2C)CC1. The molecule has 1 aromatic rings. The summed E-state index contributed by atoms with van der Waals surface area (Å²) in [4.78, 5) is 28.7. The molecule has 36 heavy (non-hydrogen) atoms. The molecular formula is C23H30F6N4O3. The Morgan fingerprint density at radius 1 is 0.917 bits per heavy atom. The number of hydrogen-bond donors (Lipinski definition) is 1. The van der Waals surface area contributed by atoms with Gasteiger partial charge in [0.2, 0.25) is 5.91 Å². The number of carbonyl (C=O) groups excluding carboxylic acids is 1. The van der Waals surface area contributed by atoms with Crippen LogP contribution in [0.15, 0.2) is 18.2 Å². The second-order valence-corrected chi connectivity index (χ2v) is 9.32. The molecule has 13 heteroatoms. The van der Waals surface area contributed by atoms with E-state index in [-0.39, 0.29) is 23.9 Å². The molecule has 0 bridgehead atoms. The highest BCUT2D eigenvalue weighted by atomic mass is 19.4. The predicted octanol–water partition coefficient (Wildman–Crippen LogP) is 3.56. The van der Waals surface area contributed by atoms with Crippen molar-refractivity contribution >= 4 is 12.0 Å². The Kier molecular flexibility index (Phi) is 8.44. The van der Waals surface area contributed by atoms with Gasteiger partial charge in [-0.15, -0.1) is 0 Å². The van der Waals surface area contributed by atoms with Crippen LogP contribution in [0.25, 0.3) is 0 Å². The Morgan fingerprint density at radius 2 is 1.42 bits per heavy atom. The lowest BCUT2D eigenvalue weighted by Gasteiger charge is -2.44. The van der Waals surface area contributed by atoms with Crippen LogP contribution in [-0.4, -0.2) is 101 Å². The molecular weight excluding hydrogens is 494 g/mol. The number of alkyl halides is 6. The molecule has 1 N–H and O–H groups in total. The Morgan fingerprint density at radius 3 is 1.89 bits per heavy atom. The number of carbonyl (C=O) groups is 2. The minimum Gasteiger partial charge on any atom is -0.465 e. The lowest BCUT2D eigenvalue weighted by molar-refractivity contribution is -0.300. The summed E-state index contributed by atoms with van der Waals surface area (Å²) >= 11 is 0. The van der Waals surface area contributed by atoms with Gasteiger partial charge in [-0.25, -0.2) is 4.79 Å². The molecule has 0 aliphatic carbocycles.